The van der Waals surface area contributed by atoms with Gasteiger partial charge in [0.2, 0.25) is 0 Å². The zero-order valence-electron chi connectivity index (χ0n) is 10.4. The summed E-state index contributed by atoms with van der Waals surface area (Å²) in [7, 11) is -1.83. The van der Waals surface area contributed by atoms with Gasteiger partial charge < -0.3 is 4.43 Å². The molecule has 1 saturated heterocycles. The van der Waals surface area contributed by atoms with Crippen LogP contribution >= 0.6 is 18.2 Å². The highest BCUT2D eigenvalue weighted by molar-refractivity contribution is 7.81. The van der Waals surface area contributed by atoms with Crippen molar-refractivity contribution in [3.8, 4) is 0 Å². The van der Waals surface area contributed by atoms with E-state index in [4.69, 9.17) is 24.7 Å². The smallest absolute Gasteiger partial charge is 0.409 e. The number of hydrogen-bond donors (Lipinski definition) is 0. The first kappa shape index (κ1) is 14.7. The molecule has 1 heterocycles. The van der Waals surface area contributed by atoms with Gasteiger partial charge in [0, 0.05) is 11.2 Å². The Balaban J connectivity index is 2.54. The molecule has 0 amide bonds. The van der Waals surface area contributed by atoms with Gasteiger partial charge in [0.25, 0.3) is 0 Å². The quantitative estimate of drug-likeness (QED) is 0.572. The van der Waals surface area contributed by atoms with Gasteiger partial charge in [-0.1, -0.05) is 20.8 Å². The molecular weight excluding hydrogens is 267 g/mol. The van der Waals surface area contributed by atoms with Crippen molar-refractivity contribution in [1.82, 2.24) is 0 Å². The van der Waals surface area contributed by atoms with E-state index in [1.807, 2.05) is 0 Å². The minimum absolute atomic E-state index is 0.134. The van der Waals surface area contributed by atoms with E-state index < -0.39 is 15.3 Å². The lowest BCUT2D eigenvalue weighted by atomic mass is 10.2. The third kappa shape index (κ3) is 3.83. The average Bonchev–Trinajstić information content (AvgIpc) is 2.06. The van der Waals surface area contributed by atoms with Gasteiger partial charge in [-0.2, -0.15) is 0 Å². The van der Waals surface area contributed by atoms with Gasteiger partial charge in [0.05, 0.1) is 19.3 Å². The Morgan fingerprint density at radius 2 is 1.75 bits per heavy atom. The van der Waals surface area contributed by atoms with Crippen LogP contribution in [0.2, 0.25) is 18.1 Å². The molecule has 0 N–H and O–H groups in total. The van der Waals surface area contributed by atoms with Crippen LogP contribution in [0.25, 0.3) is 0 Å². The van der Waals surface area contributed by atoms with Crippen LogP contribution in [0.1, 0.15) is 20.8 Å². The fourth-order valence-corrected chi connectivity index (χ4v) is 3.52. The summed E-state index contributed by atoms with van der Waals surface area (Å²) in [6.45, 7) is 7.96. The van der Waals surface area contributed by atoms with Crippen LogP contribution in [0.3, 0.4) is 0 Å². The van der Waals surface area contributed by atoms with E-state index in [2.05, 4.69) is 33.9 Å². The van der Waals surface area contributed by atoms with E-state index in [0.29, 0.717) is 0 Å². The molecule has 16 heavy (non-hydrogen) atoms. The number of hydrogen-bond acceptors (Lipinski definition) is 4. The van der Waals surface area contributed by atoms with E-state index in [1.165, 1.54) is 0 Å². The third-order valence-corrected chi connectivity index (χ3v) is 9.13. The lowest BCUT2D eigenvalue weighted by Gasteiger charge is -2.40. The average molecular weight is 287 g/mol. The van der Waals surface area contributed by atoms with Crippen molar-refractivity contribution in [2.24, 2.45) is 0 Å². The number of rotatable bonds is 2. The molecule has 1 rings (SSSR count). The van der Waals surface area contributed by atoms with Gasteiger partial charge in [-0.3, -0.25) is 9.05 Å². The highest BCUT2D eigenvalue weighted by atomic mass is 35.7. The highest BCUT2D eigenvalue weighted by Crippen LogP contribution is 2.56. The molecule has 7 heteroatoms. The molecule has 0 bridgehead atoms. The monoisotopic (exact) mass is 286 g/mol. The highest BCUT2D eigenvalue weighted by Gasteiger charge is 2.41. The minimum Gasteiger partial charge on any atom is -0.409 e. The minimum atomic E-state index is -3.32. The Bertz CT molecular complexity index is 290. The second kappa shape index (κ2) is 4.71. The Morgan fingerprint density at radius 3 is 2.12 bits per heavy atom. The van der Waals surface area contributed by atoms with Crippen LogP contribution in [0.15, 0.2) is 0 Å². The first-order valence-electron chi connectivity index (χ1n) is 5.30. The Labute approximate surface area is 103 Å². The van der Waals surface area contributed by atoms with Gasteiger partial charge >= 0.3 is 6.95 Å². The summed E-state index contributed by atoms with van der Waals surface area (Å²) in [5, 5.41) is 0.134. The van der Waals surface area contributed by atoms with E-state index in [9.17, 15) is 4.57 Å². The molecule has 96 valence electrons. The molecule has 0 unspecified atom stereocenters. The van der Waals surface area contributed by atoms with Crippen molar-refractivity contribution >= 4 is 26.5 Å². The molecule has 0 aliphatic carbocycles. The molecule has 1 fully saturated rings. The fraction of sp³-hybridized carbons (Fsp3) is 1.00. The summed E-state index contributed by atoms with van der Waals surface area (Å²) in [5.41, 5.74) is 0. The summed E-state index contributed by atoms with van der Waals surface area (Å²) in [6, 6.07) is 0. The molecule has 1 aliphatic rings. The van der Waals surface area contributed by atoms with Crippen LogP contribution < -0.4 is 0 Å². The van der Waals surface area contributed by atoms with E-state index in [1.54, 1.807) is 0 Å². The van der Waals surface area contributed by atoms with Crippen molar-refractivity contribution in [3.05, 3.63) is 0 Å². The Morgan fingerprint density at radius 1 is 1.31 bits per heavy atom. The fourth-order valence-electron chi connectivity index (χ4n) is 1.09. The SMILES string of the molecule is CC(C)(C)[Si](C)(C)OC1COP(=O)(Cl)OC1. The summed E-state index contributed by atoms with van der Waals surface area (Å²) < 4.78 is 27.1. The van der Waals surface area contributed by atoms with Crippen LogP contribution in [-0.2, 0) is 18.0 Å². The van der Waals surface area contributed by atoms with Crippen LogP contribution in [0.5, 0.6) is 0 Å². The summed E-state index contributed by atoms with van der Waals surface area (Å²) in [5.74, 6) is 0. The largest absolute Gasteiger partial charge is 0.424 e. The van der Waals surface area contributed by atoms with Crippen LogP contribution in [0, 0.1) is 0 Å². The van der Waals surface area contributed by atoms with Gasteiger partial charge in [-0.05, 0) is 18.1 Å². The molecule has 0 aromatic carbocycles. The van der Waals surface area contributed by atoms with Crippen molar-refractivity contribution in [1.29, 1.82) is 0 Å². The molecular formula is C9H20ClO4PSi. The lowest BCUT2D eigenvalue weighted by Crippen LogP contribution is -2.46. The summed E-state index contributed by atoms with van der Waals surface area (Å²) >= 11 is 5.47. The van der Waals surface area contributed by atoms with Crippen molar-refractivity contribution < 1.29 is 18.0 Å². The van der Waals surface area contributed by atoms with E-state index in [0.717, 1.165) is 0 Å². The molecule has 0 spiro atoms. The van der Waals surface area contributed by atoms with Crippen LogP contribution in [0.4, 0.5) is 0 Å². The predicted octanol–water partition coefficient (Wildman–Crippen LogP) is 3.77. The summed E-state index contributed by atoms with van der Waals surface area (Å²) in [4.78, 5) is 0. The molecule has 0 saturated carbocycles. The normalized spacial score (nSPS) is 32.8. The van der Waals surface area contributed by atoms with Gasteiger partial charge in [-0.25, -0.2) is 4.57 Å². The third-order valence-electron chi connectivity index (χ3n) is 3.10. The first-order chi connectivity index (χ1) is 7.04. The van der Waals surface area contributed by atoms with Crippen molar-refractivity contribution in [2.75, 3.05) is 13.2 Å². The van der Waals surface area contributed by atoms with E-state index in [-0.39, 0.29) is 24.4 Å². The molecule has 0 aromatic heterocycles. The molecule has 0 radical (unpaired) electrons. The topological polar surface area (TPSA) is 44.8 Å². The second-order valence-corrected chi connectivity index (χ2v) is 12.9. The molecule has 0 aromatic rings. The van der Waals surface area contributed by atoms with Gasteiger partial charge in [0.1, 0.15) is 0 Å². The maximum Gasteiger partial charge on any atom is 0.424 e. The molecule has 4 nitrogen and oxygen atoms in total. The zero-order valence-corrected chi connectivity index (χ0v) is 13.1. The standard InChI is InChI=1S/C9H20ClO4PSi/c1-9(2,3)16(4,5)14-8-6-12-15(10,11)13-7-8/h8H,6-7H2,1-5H3. The van der Waals surface area contributed by atoms with Gasteiger partial charge in [0.15, 0.2) is 8.32 Å². The second-order valence-electron chi connectivity index (χ2n) is 5.52. The molecule has 0 atom stereocenters. The maximum atomic E-state index is 11.2. The first-order valence-corrected chi connectivity index (χ1v) is 10.7. The maximum absolute atomic E-state index is 11.2. The Hall–Kier alpha value is 0.617. The van der Waals surface area contributed by atoms with Gasteiger partial charge in [-0.15, -0.1) is 0 Å². The van der Waals surface area contributed by atoms with Crippen molar-refractivity contribution in [2.45, 2.75) is 45.0 Å². The summed E-state index contributed by atoms with van der Waals surface area (Å²) in [6.07, 6.45) is -0.165. The number of halogens is 1. The lowest BCUT2D eigenvalue weighted by molar-refractivity contribution is 0.0281. The molecule has 1 aliphatic heterocycles. The van der Waals surface area contributed by atoms with E-state index >= 15 is 0 Å². The predicted molar refractivity (Wildman–Crippen MR) is 67.4 cm³/mol. The Kier molecular flexibility index (Phi) is 4.32. The zero-order chi connectivity index (χ0) is 12.6. The van der Waals surface area contributed by atoms with Crippen LogP contribution in [-0.4, -0.2) is 27.6 Å². The van der Waals surface area contributed by atoms with Crippen molar-refractivity contribution in [3.63, 3.8) is 0 Å².